The number of ketones is 1. The van der Waals surface area contributed by atoms with E-state index in [1.807, 2.05) is 13.8 Å². The molecule has 312 valence electrons. The summed E-state index contributed by atoms with van der Waals surface area (Å²) in [4.78, 5) is 25.0. The minimum atomic E-state index is -1.22. The van der Waals surface area contributed by atoms with Crippen molar-refractivity contribution < 1.29 is 53.2 Å². The number of carbonyl (C=O) groups excluding carboxylic acids is 2. The normalized spacial score (nSPS) is 49.5. The van der Waals surface area contributed by atoms with Crippen LogP contribution in [0.25, 0.3) is 0 Å². The summed E-state index contributed by atoms with van der Waals surface area (Å²) in [6, 6.07) is 0. The van der Waals surface area contributed by atoms with E-state index < -0.39 is 41.1 Å². The number of carbonyl (C=O) groups is 2. The number of aliphatic hydroxyl groups is 2. The number of fused-ring (bicyclic) bond motifs is 6. The maximum absolute atomic E-state index is 13.6. The third-order valence-electron chi connectivity index (χ3n) is 15.5. The maximum Gasteiger partial charge on any atom is 0.200 e. The highest BCUT2D eigenvalue weighted by molar-refractivity contribution is 5.97. The van der Waals surface area contributed by atoms with Crippen molar-refractivity contribution >= 4 is 18.0 Å². The van der Waals surface area contributed by atoms with E-state index in [0.717, 1.165) is 50.8 Å². The molecule has 0 aromatic rings. The van der Waals surface area contributed by atoms with Crippen molar-refractivity contribution in [3.63, 3.8) is 0 Å². The molecule has 15 unspecified atom stereocenters. The van der Waals surface area contributed by atoms with Crippen molar-refractivity contribution in [3.8, 4) is 0 Å². The van der Waals surface area contributed by atoms with Gasteiger partial charge in [0.1, 0.15) is 24.9 Å². The molecule has 8 rings (SSSR count). The van der Waals surface area contributed by atoms with Gasteiger partial charge in [0.05, 0.1) is 35.9 Å². The van der Waals surface area contributed by atoms with Gasteiger partial charge in [0.2, 0.25) is 5.79 Å². The highest BCUT2D eigenvalue weighted by Crippen LogP contribution is 2.58. The van der Waals surface area contributed by atoms with Crippen molar-refractivity contribution in [3.05, 3.63) is 23.8 Å². The van der Waals surface area contributed by atoms with E-state index in [4.69, 9.17) is 23.7 Å². The topological polar surface area (TPSA) is 147 Å². The van der Waals surface area contributed by atoms with Gasteiger partial charge in [-0.3, -0.25) is 4.79 Å². The van der Waals surface area contributed by atoms with Gasteiger partial charge >= 0.3 is 0 Å². The molecule has 15 atom stereocenters. The number of carboxylic acid groups (broad SMARTS) is 1. The quantitative estimate of drug-likeness (QED) is 0.291. The number of nitrogens with zero attached hydrogens (tertiary/aromatic N) is 1. The van der Waals surface area contributed by atoms with Crippen LogP contribution in [0.15, 0.2) is 23.8 Å². The molecule has 1 aliphatic carbocycles. The lowest BCUT2D eigenvalue weighted by Crippen LogP contribution is -2.62. The van der Waals surface area contributed by atoms with Crippen LogP contribution in [-0.4, -0.2) is 99.3 Å². The maximum atomic E-state index is 13.6. The molecular weight excluding hydrogens is 714 g/mol. The smallest absolute Gasteiger partial charge is 0.200 e. The molecule has 0 saturated carbocycles. The van der Waals surface area contributed by atoms with Gasteiger partial charge in [0.15, 0.2) is 17.4 Å². The molecule has 2 N–H and O–H groups in total. The Hall–Kier alpha value is -1.99. The number of hydrogen-bond donors (Lipinski definition) is 2. The number of aliphatic hydroxyl groups excluding tert-OH is 1. The van der Waals surface area contributed by atoms with E-state index in [-0.39, 0.29) is 60.1 Å². The molecule has 4 spiro atoms. The average Bonchev–Trinajstić information content (AvgIpc) is 3.56. The summed E-state index contributed by atoms with van der Waals surface area (Å²) in [5.74, 6) is -3.79. The Morgan fingerprint density at radius 3 is 2.48 bits per heavy atom. The first-order chi connectivity index (χ1) is 26.4. The largest absolute Gasteiger partial charge is 0.550 e. The molecule has 9 bridgehead atoms. The molecule has 0 aromatic carbocycles. The lowest BCUT2D eigenvalue weighted by Gasteiger charge is -2.51. The number of carboxylic acids is 1. The minimum absolute atomic E-state index is 0.0744. The lowest BCUT2D eigenvalue weighted by molar-refractivity contribution is -0.533. The SMILES string of the molecule is C=C1CCC[N+]2=CC3(CCC(C(=O)CCC(=O)[O-])=CC3C3OC4(CC(C)CC3O4)CC3OC4(CCC5(OC(CCC5(C)O)C1)O4)CC(C)C3O)CC(C)C(C)C2. The molecular formula is C45H67NO10. The molecule has 5 saturated heterocycles. The molecule has 0 radical (unpaired) electrons. The van der Waals surface area contributed by atoms with Crippen LogP contribution in [0, 0.1) is 35.0 Å². The molecule has 8 aliphatic rings. The van der Waals surface area contributed by atoms with Gasteiger partial charge in [-0.25, -0.2) is 4.58 Å². The Bertz CT molecular complexity index is 1620. The highest BCUT2D eigenvalue weighted by Gasteiger charge is 2.66. The van der Waals surface area contributed by atoms with Gasteiger partial charge in [-0.15, -0.1) is 0 Å². The van der Waals surface area contributed by atoms with Crippen molar-refractivity contribution in [2.24, 2.45) is 35.0 Å². The van der Waals surface area contributed by atoms with Crippen LogP contribution in [0.3, 0.4) is 0 Å². The van der Waals surface area contributed by atoms with Gasteiger partial charge < -0.3 is 43.8 Å². The summed E-state index contributed by atoms with van der Waals surface area (Å²) < 4.78 is 37.6. The summed E-state index contributed by atoms with van der Waals surface area (Å²) in [7, 11) is 0. The van der Waals surface area contributed by atoms with E-state index >= 15 is 0 Å². The Morgan fingerprint density at radius 2 is 1.70 bits per heavy atom. The van der Waals surface area contributed by atoms with E-state index in [1.165, 1.54) is 0 Å². The van der Waals surface area contributed by atoms with Gasteiger partial charge in [-0.1, -0.05) is 45.9 Å². The third kappa shape index (κ3) is 7.54. The van der Waals surface area contributed by atoms with Crippen molar-refractivity contribution in [1.82, 2.24) is 0 Å². The summed E-state index contributed by atoms with van der Waals surface area (Å²) in [6.07, 6.45) is 11.5. The first-order valence-electron chi connectivity index (χ1n) is 22.0. The van der Waals surface area contributed by atoms with Gasteiger partial charge in [0, 0.05) is 62.8 Å². The van der Waals surface area contributed by atoms with Crippen LogP contribution in [0.4, 0.5) is 0 Å². The molecule has 5 fully saturated rings. The Kier molecular flexibility index (Phi) is 10.9. The fraction of sp³-hybridized carbons (Fsp3) is 0.844. The predicted octanol–water partition coefficient (Wildman–Crippen LogP) is 5.13. The number of aliphatic carboxylic acids is 1. The Balaban J connectivity index is 1.20. The highest BCUT2D eigenvalue weighted by atomic mass is 16.8. The first kappa shape index (κ1) is 40.8. The first-order valence-corrected chi connectivity index (χ1v) is 22.0. The third-order valence-corrected chi connectivity index (χ3v) is 15.5. The van der Waals surface area contributed by atoms with Gasteiger partial charge in [-0.05, 0) is 88.0 Å². The summed E-state index contributed by atoms with van der Waals surface area (Å²) in [5, 5.41) is 35.0. The molecule has 11 heteroatoms. The van der Waals surface area contributed by atoms with Crippen molar-refractivity contribution in [2.45, 2.75) is 191 Å². The van der Waals surface area contributed by atoms with E-state index in [9.17, 15) is 24.9 Å². The number of allylic oxidation sites excluding steroid dienone is 1. The summed E-state index contributed by atoms with van der Waals surface area (Å²) in [5.41, 5.74) is 0.304. The van der Waals surface area contributed by atoms with Crippen molar-refractivity contribution in [1.29, 1.82) is 0 Å². The second kappa shape index (κ2) is 14.9. The molecule has 11 nitrogen and oxygen atoms in total. The zero-order chi connectivity index (χ0) is 39.8. The number of ether oxygens (including phenoxy) is 5. The second-order valence-electron chi connectivity index (χ2n) is 20.1. The molecule has 0 amide bonds. The fourth-order valence-corrected chi connectivity index (χ4v) is 12.3. The number of Topliss-reactive ketones (excluding diaryl/α,β-unsaturated/α-hetero) is 1. The van der Waals surface area contributed by atoms with Crippen LogP contribution in [0.5, 0.6) is 0 Å². The Morgan fingerprint density at radius 1 is 0.911 bits per heavy atom. The molecule has 7 aliphatic heterocycles. The lowest BCUT2D eigenvalue weighted by atomic mass is 9.60. The van der Waals surface area contributed by atoms with Gasteiger partial charge in [-0.2, -0.15) is 0 Å². The summed E-state index contributed by atoms with van der Waals surface area (Å²) in [6.45, 7) is 17.1. The standard InChI is InChI=1S/C45H67NO10/c1-27-8-7-17-46-25-31(5)29(3)22-42(26-46)14-11-32(35(47)9-10-38(48)49)20-34(42)40-36-19-28(2)21-44(53-36,55-40)24-37-39(50)30(4)23-43(54-37)15-16-45(56-43)41(6,51)13-12-33(18-27)52-45/h20,26,28-31,33-34,36-37,39-40,50-51H,1,7-19,21-25H2,2-6H3. The minimum Gasteiger partial charge on any atom is -0.550 e. The van der Waals surface area contributed by atoms with Crippen LogP contribution < -0.4 is 5.11 Å². The monoisotopic (exact) mass is 781 g/mol. The second-order valence-corrected chi connectivity index (χ2v) is 20.1. The van der Waals surface area contributed by atoms with Gasteiger partial charge in [0.25, 0.3) is 0 Å². The molecule has 56 heavy (non-hydrogen) atoms. The summed E-state index contributed by atoms with van der Waals surface area (Å²) >= 11 is 0. The zero-order valence-corrected chi connectivity index (χ0v) is 34.5. The average molecular weight is 782 g/mol. The van der Waals surface area contributed by atoms with E-state index in [2.05, 4.69) is 44.2 Å². The number of rotatable bonds is 4. The van der Waals surface area contributed by atoms with Crippen LogP contribution >= 0.6 is 0 Å². The fourth-order valence-electron chi connectivity index (χ4n) is 12.3. The number of hydrogen-bond acceptors (Lipinski definition) is 10. The van der Waals surface area contributed by atoms with Crippen LogP contribution in [0.1, 0.15) is 137 Å². The zero-order valence-electron chi connectivity index (χ0n) is 34.5. The van der Waals surface area contributed by atoms with Crippen LogP contribution in [-0.2, 0) is 33.3 Å². The van der Waals surface area contributed by atoms with E-state index in [1.54, 1.807) is 0 Å². The Labute approximate surface area is 333 Å². The van der Waals surface area contributed by atoms with Crippen LogP contribution in [0.2, 0.25) is 0 Å². The van der Waals surface area contributed by atoms with E-state index in [0.29, 0.717) is 75.2 Å². The van der Waals surface area contributed by atoms with Crippen molar-refractivity contribution in [2.75, 3.05) is 13.1 Å². The predicted molar refractivity (Wildman–Crippen MR) is 205 cm³/mol. The molecule has 7 heterocycles. The molecule has 0 aromatic heterocycles.